The average Bonchev–Trinajstić information content (AvgIpc) is 3.23. The molecule has 0 aromatic carbocycles. The fourth-order valence-electron chi connectivity index (χ4n) is 3.95. The van der Waals surface area contributed by atoms with Crippen LogP contribution in [-0.2, 0) is 11.0 Å². The molecule has 1 atom stereocenters. The highest BCUT2D eigenvalue weighted by molar-refractivity contribution is 7.13. The molecule has 0 bridgehead atoms. The molecule has 152 valence electrons. The Hall–Kier alpha value is -2.42. The molecule has 1 aliphatic carbocycles. The fourth-order valence-corrected chi connectivity index (χ4v) is 4.64. The zero-order valence-electron chi connectivity index (χ0n) is 15.5. The van der Waals surface area contributed by atoms with Crippen LogP contribution >= 0.6 is 11.3 Å². The molecule has 2 fully saturated rings. The van der Waals surface area contributed by atoms with Gasteiger partial charge in [0, 0.05) is 31.0 Å². The maximum atomic E-state index is 13.7. The summed E-state index contributed by atoms with van der Waals surface area (Å²) in [7, 11) is 0. The molecule has 1 saturated heterocycles. The molecule has 0 unspecified atom stereocenters. The van der Waals surface area contributed by atoms with Gasteiger partial charge in [-0.3, -0.25) is 4.79 Å². The van der Waals surface area contributed by atoms with E-state index in [1.807, 2.05) is 10.3 Å². The highest BCUT2D eigenvalue weighted by Crippen LogP contribution is 2.36. The van der Waals surface area contributed by atoms with Crippen molar-refractivity contribution < 1.29 is 18.0 Å². The zero-order chi connectivity index (χ0) is 20.2. The number of amides is 1. The minimum Gasteiger partial charge on any atom is -0.342 e. The summed E-state index contributed by atoms with van der Waals surface area (Å²) in [5, 5.41) is 6.09. The van der Waals surface area contributed by atoms with Gasteiger partial charge in [0.2, 0.25) is 5.91 Å². The Morgan fingerprint density at radius 3 is 2.72 bits per heavy atom. The SMILES string of the molecule is O=C(C1CC1)N1CCC[C@H](c2cc3nc(-c4cccs4)cc(C(F)(F)F)n3n2)C1. The molecule has 3 aromatic heterocycles. The third-order valence-corrected chi connectivity index (χ3v) is 6.48. The molecule has 4 heterocycles. The van der Waals surface area contributed by atoms with Gasteiger partial charge in [-0.25, -0.2) is 9.50 Å². The molecular formula is C20H19F3N4OS. The van der Waals surface area contributed by atoms with Gasteiger partial charge >= 0.3 is 6.18 Å². The molecule has 1 amide bonds. The predicted molar refractivity (Wildman–Crippen MR) is 103 cm³/mol. The Balaban J connectivity index is 1.53. The van der Waals surface area contributed by atoms with Gasteiger partial charge in [-0.15, -0.1) is 11.3 Å². The summed E-state index contributed by atoms with van der Waals surface area (Å²) in [5.74, 6) is 0.244. The van der Waals surface area contributed by atoms with Crippen molar-refractivity contribution in [2.45, 2.75) is 37.8 Å². The second-order valence-electron chi connectivity index (χ2n) is 7.74. The smallest absolute Gasteiger partial charge is 0.342 e. The summed E-state index contributed by atoms with van der Waals surface area (Å²) in [4.78, 5) is 19.4. The van der Waals surface area contributed by atoms with Crippen molar-refractivity contribution in [2.24, 2.45) is 5.92 Å². The minimum absolute atomic E-state index is 0.0700. The summed E-state index contributed by atoms with van der Waals surface area (Å²) in [6.45, 7) is 1.23. The number of carbonyl (C=O) groups excluding carboxylic acids is 1. The molecule has 1 saturated carbocycles. The maximum absolute atomic E-state index is 13.7. The molecule has 5 nitrogen and oxygen atoms in total. The van der Waals surface area contributed by atoms with Gasteiger partial charge < -0.3 is 4.90 Å². The highest BCUT2D eigenvalue weighted by atomic mass is 32.1. The van der Waals surface area contributed by atoms with Crippen molar-refractivity contribution in [1.29, 1.82) is 0 Å². The van der Waals surface area contributed by atoms with Crippen LogP contribution in [0, 0.1) is 5.92 Å². The Morgan fingerprint density at radius 1 is 1.21 bits per heavy atom. The number of fused-ring (bicyclic) bond motifs is 1. The minimum atomic E-state index is -4.54. The Labute approximate surface area is 169 Å². The summed E-state index contributed by atoms with van der Waals surface area (Å²) in [6, 6.07) is 6.24. The van der Waals surface area contributed by atoms with Crippen molar-refractivity contribution in [3.63, 3.8) is 0 Å². The van der Waals surface area contributed by atoms with Crippen LogP contribution in [0.1, 0.15) is 43.0 Å². The van der Waals surface area contributed by atoms with E-state index >= 15 is 0 Å². The number of thiophene rings is 1. The van der Waals surface area contributed by atoms with E-state index in [-0.39, 0.29) is 23.4 Å². The van der Waals surface area contributed by atoms with Gasteiger partial charge in [0.15, 0.2) is 11.3 Å². The van der Waals surface area contributed by atoms with Gasteiger partial charge in [0.25, 0.3) is 0 Å². The number of rotatable bonds is 3. The number of alkyl halides is 3. The van der Waals surface area contributed by atoms with E-state index in [1.165, 1.54) is 11.3 Å². The number of nitrogens with zero attached hydrogens (tertiary/aromatic N) is 4. The summed E-state index contributed by atoms with van der Waals surface area (Å²) in [6.07, 6.45) is -1.02. The van der Waals surface area contributed by atoms with E-state index in [0.29, 0.717) is 29.4 Å². The van der Waals surface area contributed by atoms with Gasteiger partial charge in [-0.2, -0.15) is 18.3 Å². The molecule has 5 rings (SSSR count). The number of hydrogen-bond donors (Lipinski definition) is 0. The van der Waals surface area contributed by atoms with E-state index in [0.717, 1.165) is 36.3 Å². The molecule has 29 heavy (non-hydrogen) atoms. The Bertz CT molecular complexity index is 1060. The van der Waals surface area contributed by atoms with Crippen LogP contribution in [-0.4, -0.2) is 38.5 Å². The number of piperidine rings is 1. The largest absolute Gasteiger partial charge is 0.433 e. The van der Waals surface area contributed by atoms with E-state index in [1.54, 1.807) is 18.2 Å². The number of aromatic nitrogens is 3. The lowest BCUT2D eigenvalue weighted by Gasteiger charge is -2.32. The van der Waals surface area contributed by atoms with Crippen LogP contribution in [0.25, 0.3) is 16.2 Å². The molecule has 2 aliphatic rings. The van der Waals surface area contributed by atoms with Crippen molar-refractivity contribution in [3.05, 3.63) is 41.0 Å². The van der Waals surface area contributed by atoms with Gasteiger partial charge in [-0.05, 0) is 43.2 Å². The lowest BCUT2D eigenvalue weighted by Crippen LogP contribution is -2.40. The lowest BCUT2D eigenvalue weighted by molar-refractivity contribution is -0.142. The number of halogens is 3. The first-order valence-corrected chi connectivity index (χ1v) is 10.6. The van der Waals surface area contributed by atoms with Crippen molar-refractivity contribution in [3.8, 4) is 10.6 Å². The van der Waals surface area contributed by atoms with Crippen molar-refractivity contribution in [2.75, 3.05) is 13.1 Å². The van der Waals surface area contributed by atoms with Crippen LogP contribution < -0.4 is 0 Å². The van der Waals surface area contributed by atoms with E-state index in [4.69, 9.17) is 0 Å². The fraction of sp³-hybridized carbons (Fsp3) is 0.450. The Morgan fingerprint density at radius 2 is 2.03 bits per heavy atom. The highest BCUT2D eigenvalue weighted by Gasteiger charge is 2.38. The summed E-state index contributed by atoms with van der Waals surface area (Å²) >= 11 is 1.35. The number of hydrogen-bond acceptors (Lipinski definition) is 4. The maximum Gasteiger partial charge on any atom is 0.433 e. The van der Waals surface area contributed by atoms with Crippen molar-refractivity contribution >= 4 is 22.9 Å². The molecule has 0 spiro atoms. The van der Waals surface area contributed by atoms with Crippen molar-refractivity contribution in [1.82, 2.24) is 19.5 Å². The molecular weight excluding hydrogens is 401 g/mol. The standard InChI is InChI=1S/C20H19F3N4OS/c21-20(22,23)17-9-15(16-4-2-8-29-16)24-18-10-14(25-27(17)18)13-3-1-7-26(11-13)19(28)12-5-6-12/h2,4,8-10,12-13H,1,3,5-7,11H2/t13-/m0/s1. The first kappa shape index (κ1) is 18.6. The van der Waals surface area contributed by atoms with Gasteiger partial charge in [0.05, 0.1) is 16.3 Å². The second kappa shape index (κ2) is 6.83. The topological polar surface area (TPSA) is 50.5 Å². The first-order chi connectivity index (χ1) is 13.9. The summed E-state index contributed by atoms with van der Waals surface area (Å²) in [5.41, 5.74) is 0.211. The van der Waals surface area contributed by atoms with Crippen LogP contribution in [0.4, 0.5) is 13.2 Å². The predicted octanol–water partition coefficient (Wildman–Crippen LogP) is 4.59. The zero-order valence-corrected chi connectivity index (χ0v) is 16.3. The van der Waals surface area contributed by atoms with Crippen LogP contribution in [0.15, 0.2) is 29.6 Å². The van der Waals surface area contributed by atoms with Crippen LogP contribution in [0.3, 0.4) is 0 Å². The van der Waals surface area contributed by atoms with E-state index in [9.17, 15) is 18.0 Å². The second-order valence-corrected chi connectivity index (χ2v) is 8.69. The van der Waals surface area contributed by atoms with Crippen LogP contribution in [0.2, 0.25) is 0 Å². The third kappa shape index (κ3) is 3.52. The average molecular weight is 420 g/mol. The van der Waals surface area contributed by atoms with Gasteiger partial charge in [0.1, 0.15) is 0 Å². The molecule has 3 aromatic rings. The molecule has 0 N–H and O–H groups in total. The first-order valence-electron chi connectivity index (χ1n) is 9.71. The summed E-state index contributed by atoms with van der Waals surface area (Å²) < 4.78 is 42.0. The van der Waals surface area contributed by atoms with Gasteiger partial charge in [-0.1, -0.05) is 6.07 Å². The molecule has 1 aliphatic heterocycles. The normalized spacial score (nSPS) is 20.4. The van der Waals surface area contributed by atoms with Crippen LogP contribution in [0.5, 0.6) is 0 Å². The van der Waals surface area contributed by atoms with E-state index in [2.05, 4.69) is 10.1 Å². The Kier molecular flexibility index (Phi) is 4.38. The molecule has 0 radical (unpaired) electrons. The number of carbonyl (C=O) groups is 1. The lowest BCUT2D eigenvalue weighted by atomic mass is 9.94. The number of likely N-dealkylation sites (tertiary alicyclic amines) is 1. The van der Waals surface area contributed by atoms with E-state index < -0.39 is 11.9 Å². The third-order valence-electron chi connectivity index (χ3n) is 5.59. The molecule has 9 heteroatoms. The quantitative estimate of drug-likeness (QED) is 0.623. The monoisotopic (exact) mass is 420 g/mol.